The number of halogens is 1. The van der Waals surface area contributed by atoms with Crippen molar-refractivity contribution in [3.05, 3.63) is 46.6 Å². The summed E-state index contributed by atoms with van der Waals surface area (Å²) >= 11 is 7.80. The zero-order chi connectivity index (χ0) is 23.8. The maximum atomic E-state index is 13.3. The first-order chi connectivity index (χ1) is 15.6. The maximum Gasteiger partial charge on any atom is 0.254 e. The van der Waals surface area contributed by atoms with Crippen LogP contribution in [0.5, 0.6) is 0 Å². The molecule has 1 saturated heterocycles. The van der Waals surface area contributed by atoms with E-state index in [1.54, 1.807) is 11.8 Å². The van der Waals surface area contributed by atoms with Crippen LogP contribution in [0.2, 0.25) is 5.15 Å². The van der Waals surface area contributed by atoms with Crippen LogP contribution < -0.4 is 4.90 Å². The monoisotopic (exact) mass is 486 g/mol. The average molecular weight is 487 g/mol. The zero-order valence-corrected chi connectivity index (χ0v) is 22.0. The quantitative estimate of drug-likeness (QED) is 0.261. The van der Waals surface area contributed by atoms with Gasteiger partial charge in [-0.05, 0) is 61.6 Å². The number of likely N-dealkylation sites (tertiary alicyclic amines) is 1. The zero-order valence-electron chi connectivity index (χ0n) is 20.4. The van der Waals surface area contributed by atoms with Gasteiger partial charge in [-0.15, -0.1) is 0 Å². The van der Waals surface area contributed by atoms with Crippen molar-refractivity contribution in [2.24, 2.45) is 10.8 Å². The summed E-state index contributed by atoms with van der Waals surface area (Å²) in [6, 6.07) is 10.2. The van der Waals surface area contributed by atoms with Crippen molar-refractivity contribution in [1.29, 1.82) is 0 Å². The standard InChI is InChI=1S/C26H35ClN4OS/c1-6-30(7-2)22-12-21(27)28-24(29-22)33-15-18-8-10-19(11-9-18)23(32)31-17-26(5)14-20(31)13-25(3,4)16-26/h8-12,20H,6-7,13-17H2,1-5H3. The number of amides is 1. The molecule has 0 radical (unpaired) electrons. The number of rotatable bonds is 7. The maximum absolute atomic E-state index is 13.3. The second-order valence-corrected chi connectivity index (χ2v) is 12.0. The highest BCUT2D eigenvalue weighted by molar-refractivity contribution is 7.98. The highest BCUT2D eigenvalue weighted by Gasteiger charge is 2.50. The molecule has 1 saturated carbocycles. The normalized spacial score (nSPS) is 23.6. The summed E-state index contributed by atoms with van der Waals surface area (Å²) in [6.45, 7) is 13.8. The molecule has 1 aromatic heterocycles. The van der Waals surface area contributed by atoms with E-state index in [2.05, 4.69) is 54.4 Å². The van der Waals surface area contributed by atoms with Crippen LogP contribution in [0.25, 0.3) is 0 Å². The molecule has 1 aliphatic carbocycles. The number of benzene rings is 1. The van der Waals surface area contributed by atoms with E-state index in [0.29, 0.717) is 21.8 Å². The fraction of sp³-hybridized carbons (Fsp3) is 0.577. The molecular formula is C26H35ClN4OS. The van der Waals surface area contributed by atoms with Crippen LogP contribution in [0.3, 0.4) is 0 Å². The number of aromatic nitrogens is 2. The Kier molecular flexibility index (Phi) is 6.97. The minimum Gasteiger partial charge on any atom is -0.357 e. The third-order valence-corrected chi connectivity index (χ3v) is 8.10. The van der Waals surface area contributed by atoms with Gasteiger partial charge >= 0.3 is 0 Å². The van der Waals surface area contributed by atoms with Crippen molar-refractivity contribution in [2.75, 3.05) is 24.5 Å². The van der Waals surface area contributed by atoms with Crippen molar-refractivity contribution in [1.82, 2.24) is 14.9 Å². The van der Waals surface area contributed by atoms with E-state index in [-0.39, 0.29) is 11.3 Å². The summed E-state index contributed by atoms with van der Waals surface area (Å²) in [6.07, 6.45) is 3.42. The molecule has 5 nitrogen and oxygen atoms in total. The lowest BCUT2D eigenvalue weighted by atomic mass is 9.65. The third-order valence-electron chi connectivity index (χ3n) is 6.99. The molecule has 4 rings (SSSR count). The van der Waals surface area contributed by atoms with Crippen LogP contribution in [0.4, 0.5) is 5.82 Å². The van der Waals surface area contributed by atoms with Crippen molar-refractivity contribution in [3.8, 4) is 0 Å². The fourth-order valence-corrected chi connectivity index (χ4v) is 6.95. The van der Waals surface area contributed by atoms with Gasteiger partial charge in [0.1, 0.15) is 11.0 Å². The molecule has 33 heavy (non-hydrogen) atoms. The summed E-state index contributed by atoms with van der Waals surface area (Å²) < 4.78 is 0. The van der Waals surface area contributed by atoms with Crippen LogP contribution in [0.1, 0.15) is 69.8 Å². The number of carbonyl (C=O) groups is 1. The van der Waals surface area contributed by atoms with Gasteiger partial charge in [0.25, 0.3) is 5.91 Å². The molecule has 1 amide bonds. The predicted octanol–water partition coefficient (Wildman–Crippen LogP) is 6.31. The molecule has 0 N–H and O–H groups in total. The molecule has 2 atom stereocenters. The van der Waals surface area contributed by atoms with Gasteiger partial charge in [0.05, 0.1) is 0 Å². The van der Waals surface area contributed by atoms with Crippen LogP contribution in [0.15, 0.2) is 35.5 Å². The Morgan fingerprint density at radius 3 is 2.52 bits per heavy atom. The molecule has 0 spiro atoms. The number of hydrogen-bond acceptors (Lipinski definition) is 5. The first-order valence-electron chi connectivity index (χ1n) is 11.9. The largest absolute Gasteiger partial charge is 0.357 e. The lowest BCUT2D eigenvalue weighted by Crippen LogP contribution is -2.37. The highest BCUT2D eigenvalue weighted by atomic mass is 35.5. The molecule has 7 heteroatoms. The van der Waals surface area contributed by atoms with Crippen LogP contribution in [-0.4, -0.2) is 46.5 Å². The Balaban J connectivity index is 1.41. The Morgan fingerprint density at radius 1 is 1.15 bits per heavy atom. The first kappa shape index (κ1) is 24.3. The van der Waals surface area contributed by atoms with Crippen LogP contribution in [0, 0.1) is 10.8 Å². The third kappa shape index (κ3) is 5.48. The van der Waals surface area contributed by atoms with Gasteiger partial charge in [-0.1, -0.05) is 56.3 Å². The van der Waals surface area contributed by atoms with Crippen molar-refractivity contribution >= 4 is 35.1 Å². The second-order valence-electron chi connectivity index (χ2n) is 10.6. The van der Waals surface area contributed by atoms with Crippen molar-refractivity contribution < 1.29 is 4.79 Å². The van der Waals surface area contributed by atoms with Crippen LogP contribution in [-0.2, 0) is 5.75 Å². The number of fused-ring (bicyclic) bond motifs is 2. The van der Waals surface area contributed by atoms with Gasteiger partial charge in [0.2, 0.25) is 0 Å². The molecule has 2 aliphatic rings. The van der Waals surface area contributed by atoms with E-state index in [1.807, 2.05) is 30.3 Å². The number of anilines is 1. The number of thioether (sulfide) groups is 1. The Hall–Kier alpha value is -1.79. The van der Waals surface area contributed by atoms with Gasteiger partial charge in [0, 0.05) is 43.1 Å². The fourth-order valence-electron chi connectivity index (χ4n) is 5.91. The summed E-state index contributed by atoms with van der Waals surface area (Å²) in [5.41, 5.74) is 2.47. The molecule has 2 bridgehead atoms. The Bertz CT molecular complexity index is 1010. The molecule has 178 valence electrons. The van der Waals surface area contributed by atoms with E-state index in [9.17, 15) is 4.79 Å². The minimum atomic E-state index is 0.169. The second kappa shape index (κ2) is 9.46. The topological polar surface area (TPSA) is 49.3 Å². The van der Waals surface area contributed by atoms with Gasteiger partial charge in [0.15, 0.2) is 5.16 Å². The summed E-state index contributed by atoms with van der Waals surface area (Å²) in [5.74, 6) is 1.75. The van der Waals surface area contributed by atoms with E-state index in [1.165, 1.54) is 6.42 Å². The molecule has 1 aliphatic heterocycles. The first-order valence-corrected chi connectivity index (χ1v) is 13.3. The predicted molar refractivity (Wildman–Crippen MR) is 137 cm³/mol. The van der Waals surface area contributed by atoms with E-state index in [0.717, 1.165) is 55.2 Å². The Labute approximate surface area is 207 Å². The van der Waals surface area contributed by atoms with Crippen molar-refractivity contribution in [3.63, 3.8) is 0 Å². The van der Waals surface area contributed by atoms with Gasteiger partial charge in [-0.25, -0.2) is 9.97 Å². The van der Waals surface area contributed by atoms with Crippen molar-refractivity contribution in [2.45, 2.75) is 70.8 Å². The number of hydrogen-bond donors (Lipinski definition) is 0. The molecule has 1 aromatic carbocycles. The minimum absolute atomic E-state index is 0.169. The van der Waals surface area contributed by atoms with E-state index < -0.39 is 0 Å². The smallest absolute Gasteiger partial charge is 0.254 e. The Morgan fingerprint density at radius 2 is 1.85 bits per heavy atom. The summed E-state index contributed by atoms with van der Waals surface area (Å²) in [5, 5.41) is 1.13. The molecule has 2 aromatic rings. The van der Waals surface area contributed by atoms with Crippen LogP contribution >= 0.6 is 23.4 Å². The van der Waals surface area contributed by atoms with Gasteiger partial charge in [-0.3, -0.25) is 4.79 Å². The molecule has 2 fully saturated rings. The average Bonchev–Trinajstić information content (AvgIpc) is 3.01. The van der Waals surface area contributed by atoms with E-state index in [4.69, 9.17) is 11.6 Å². The highest BCUT2D eigenvalue weighted by Crippen LogP contribution is 2.52. The lowest BCUT2D eigenvalue weighted by Gasteiger charge is -2.39. The number of nitrogens with zero attached hydrogens (tertiary/aromatic N) is 4. The number of carbonyl (C=O) groups excluding carboxylic acids is 1. The lowest BCUT2D eigenvalue weighted by molar-refractivity contribution is 0.0708. The molecular weight excluding hydrogens is 452 g/mol. The van der Waals surface area contributed by atoms with Gasteiger partial charge < -0.3 is 9.80 Å². The van der Waals surface area contributed by atoms with E-state index >= 15 is 0 Å². The summed E-state index contributed by atoms with van der Waals surface area (Å²) in [4.78, 5) is 26.6. The molecule has 2 unspecified atom stereocenters. The molecule has 2 heterocycles. The van der Waals surface area contributed by atoms with Gasteiger partial charge in [-0.2, -0.15) is 0 Å². The SMILES string of the molecule is CCN(CC)c1cc(Cl)nc(SCc2ccc(C(=O)N3CC4(C)CC3CC(C)(C)C4)cc2)n1. The summed E-state index contributed by atoms with van der Waals surface area (Å²) in [7, 11) is 0.